The number of rotatable bonds is 10. The summed E-state index contributed by atoms with van der Waals surface area (Å²) >= 11 is 7.25. The van der Waals surface area contributed by atoms with E-state index < -0.39 is 0 Å². The van der Waals surface area contributed by atoms with Gasteiger partial charge in [0.15, 0.2) is 5.16 Å². The highest BCUT2D eigenvalue weighted by atomic mass is 35.5. The smallest absolute Gasteiger partial charge is 0.262 e. The maximum absolute atomic E-state index is 13.0. The molecule has 0 unspecified atom stereocenters. The highest BCUT2D eigenvalue weighted by Crippen LogP contribution is 2.21. The number of hydrogen-bond donors (Lipinski definition) is 0. The number of nitriles is 2. The standard InChI is InChI=1S/C21H24ClN5O2S/c1-15(2)7-12-27-20(29)17-6-5-16(22)13-18(17)25-21(27)30-14-19(28)26(10-3-8-23)11-4-9-24/h5-6,13,15H,3-4,7,10-12,14H2,1-2H3. The van der Waals surface area contributed by atoms with Gasteiger partial charge in [0.1, 0.15) is 0 Å². The molecule has 0 aliphatic rings. The van der Waals surface area contributed by atoms with Gasteiger partial charge in [-0.15, -0.1) is 0 Å². The molecule has 1 amide bonds. The Balaban J connectivity index is 2.30. The minimum Gasteiger partial charge on any atom is -0.340 e. The van der Waals surface area contributed by atoms with E-state index in [-0.39, 0.29) is 43.2 Å². The Morgan fingerprint density at radius 1 is 1.27 bits per heavy atom. The predicted molar refractivity (Wildman–Crippen MR) is 118 cm³/mol. The lowest BCUT2D eigenvalue weighted by Gasteiger charge is -2.20. The maximum atomic E-state index is 13.0. The summed E-state index contributed by atoms with van der Waals surface area (Å²) < 4.78 is 1.61. The van der Waals surface area contributed by atoms with Crippen molar-refractivity contribution in [3.8, 4) is 12.1 Å². The molecule has 0 bridgehead atoms. The third kappa shape index (κ3) is 6.48. The van der Waals surface area contributed by atoms with E-state index in [0.29, 0.717) is 33.5 Å². The van der Waals surface area contributed by atoms with E-state index in [9.17, 15) is 9.59 Å². The van der Waals surface area contributed by atoms with Crippen LogP contribution in [0.1, 0.15) is 33.1 Å². The van der Waals surface area contributed by atoms with Gasteiger partial charge in [0, 0.05) is 24.7 Å². The van der Waals surface area contributed by atoms with Crippen molar-refractivity contribution in [2.24, 2.45) is 5.92 Å². The summed E-state index contributed by atoms with van der Waals surface area (Å²) in [7, 11) is 0. The van der Waals surface area contributed by atoms with Crippen LogP contribution in [0.15, 0.2) is 28.2 Å². The third-order valence-electron chi connectivity index (χ3n) is 4.48. The Bertz CT molecular complexity index is 1020. The zero-order valence-corrected chi connectivity index (χ0v) is 18.7. The fraction of sp³-hybridized carbons (Fsp3) is 0.476. The number of carbonyl (C=O) groups is 1. The Kier molecular flexibility index (Phi) is 9.16. The molecule has 0 aliphatic heterocycles. The second-order valence-corrected chi connectivity index (χ2v) is 8.56. The topological polar surface area (TPSA) is 103 Å². The van der Waals surface area contributed by atoms with Gasteiger partial charge in [0.2, 0.25) is 5.91 Å². The average Bonchev–Trinajstić information content (AvgIpc) is 2.71. The Hall–Kier alpha value is -2.55. The summed E-state index contributed by atoms with van der Waals surface area (Å²) in [6, 6.07) is 9.01. The Morgan fingerprint density at radius 3 is 2.53 bits per heavy atom. The lowest BCUT2D eigenvalue weighted by atomic mass is 10.1. The molecule has 1 aromatic heterocycles. The van der Waals surface area contributed by atoms with Gasteiger partial charge in [-0.1, -0.05) is 37.2 Å². The van der Waals surface area contributed by atoms with Crippen LogP contribution < -0.4 is 5.56 Å². The zero-order valence-electron chi connectivity index (χ0n) is 17.1. The molecule has 9 heteroatoms. The Labute approximate surface area is 185 Å². The van der Waals surface area contributed by atoms with E-state index in [2.05, 4.69) is 18.8 Å². The van der Waals surface area contributed by atoms with Crippen molar-refractivity contribution in [3.63, 3.8) is 0 Å². The molecule has 0 saturated carbocycles. The van der Waals surface area contributed by atoms with Crippen LogP contribution in [0.5, 0.6) is 0 Å². The molecule has 0 spiro atoms. The number of amides is 1. The fourth-order valence-corrected chi connectivity index (χ4v) is 3.91. The lowest BCUT2D eigenvalue weighted by molar-refractivity contribution is -0.128. The molecule has 0 N–H and O–H groups in total. The first kappa shape index (κ1) is 23.7. The van der Waals surface area contributed by atoms with E-state index in [4.69, 9.17) is 22.1 Å². The summed E-state index contributed by atoms with van der Waals surface area (Å²) in [5.74, 6) is 0.280. The van der Waals surface area contributed by atoms with Gasteiger partial charge < -0.3 is 4.90 Å². The molecule has 1 heterocycles. The molecule has 30 heavy (non-hydrogen) atoms. The van der Waals surface area contributed by atoms with Crippen LogP contribution in [0.2, 0.25) is 5.02 Å². The van der Waals surface area contributed by atoms with Crippen molar-refractivity contribution in [1.82, 2.24) is 14.5 Å². The van der Waals surface area contributed by atoms with Crippen LogP contribution in [-0.4, -0.2) is 39.2 Å². The summed E-state index contributed by atoms with van der Waals surface area (Å²) in [5, 5.41) is 19.1. The van der Waals surface area contributed by atoms with Crippen LogP contribution >= 0.6 is 23.4 Å². The van der Waals surface area contributed by atoms with Gasteiger partial charge in [-0.25, -0.2) is 4.98 Å². The third-order valence-corrected chi connectivity index (χ3v) is 5.67. The highest BCUT2D eigenvalue weighted by Gasteiger charge is 2.17. The van der Waals surface area contributed by atoms with Crippen molar-refractivity contribution in [2.75, 3.05) is 18.8 Å². The van der Waals surface area contributed by atoms with Crippen LogP contribution in [0, 0.1) is 28.6 Å². The van der Waals surface area contributed by atoms with E-state index in [0.717, 1.165) is 6.42 Å². The van der Waals surface area contributed by atoms with Gasteiger partial charge in [-0.2, -0.15) is 10.5 Å². The number of carbonyl (C=O) groups excluding carboxylic acids is 1. The first-order valence-corrected chi connectivity index (χ1v) is 11.1. The number of halogens is 1. The lowest BCUT2D eigenvalue weighted by Crippen LogP contribution is -2.34. The molecule has 0 saturated heterocycles. The second-order valence-electron chi connectivity index (χ2n) is 7.18. The molecule has 0 aliphatic carbocycles. The van der Waals surface area contributed by atoms with Crippen LogP contribution in [0.4, 0.5) is 0 Å². The molecule has 0 atom stereocenters. The van der Waals surface area contributed by atoms with E-state index in [1.807, 2.05) is 12.1 Å². The number of thioether (sulfide) groups is 1. The molecule has 0 radical (unpaired) electrons. The quantitative estimate of drug-likeness (QED) is 0.406. The van der Waals surface area contributed by atoms with Gasteiger partial charge in [-0.3, -0.25) is 14.2 Å². The normalized spacial score (nSPS) is 10.7. The molecular formula is C21H24ClN5O2S. The van der Waals surface area contributed by atoms with Gasteiger partial charge in [-0.05, 0) is 30.5 Å². The summed E-state index contributed by atoms with van der Waals surface area (Å²) in [6.07, 6.45) is 1.21. The first-order chi connectivity index (χ1) is 14.4. The molecule has 2 aromatic rings. The van der Waals surface area contributed by atoms with Crippen molar-refractivity contribution in [1.29, 1.82) is 10.5 Å². The summed E-state index contributed by atoms with van der Waals surface area (Å²) in [4.78, 5) is 31.8. The van der Waals surface area contributed by atoms with Crippen LogP contribution in [0.3, 0.4) is 0 Å². The average molecular weight is 446 g/mol. The van der Waals surface area contributed by atoms with Gasteiger partial charge in [0.25, 0.3) is 5.56 Å². The second kappa shape index (κ2) is 11.6. The largest absolute Gasteiger partial charge is 0.340 e. The molecule has 0 fully saturated rings. The fourth-order valence-electron chi connectivity index (χ4n) is 2.82. The van der Waals surface area contributed by atoms with Crippen molar-refractivity contribution >= 4 is 40.2 Å². The summed E-state index contributed by atoms with van der Waals surface area (Å²) in [6.45, 7) is 5.22. The van der Waals surface area contributed by atoms with Crippen molar-refractivity contribution in [3.05, 3.63) is 33.6 Å². The van der Waals surface area contributed by atoms with Gasteiger partial charge >= 0.3 is 0 Å². The van der Waals surface area contributed by atoms with Crippen molar-refractivity contribution < 1.29 is 4.79 Å². The maximum Gasteiger partial charge on any atom is 0.262 e. The van der Waals surface area contributed by atoms with E-state index in [1.54, 1.807) is 22.8 Å². The number of nitrogens with zero attached hydrogens (tertiary/aromatic N) is 5. The van der Waals surface area contributed by atoms with Crippen LogP contribution in [-0.2, 0) is 11.3 Å². The molecule has 2 rings (SSSR count). The molecule has 158 valence electrons. The first-order valence-electron chi connectivity index (χ1n) is 9.72. The predicted octanol–water partition coefficient (Wildman–Crippen LogP) is 3.84. The van der Waals surface area contributed by atoms with Gasteiger partial charge in [0.05, 0.1) is 41.6 Å². The van der Waals surface area contributed by atoms with Crippen molar-refractivity contribution in [2.45, 2.75) is 44.8 Å². The number of aromatic nitrogens is 2. The molecule has 7 nitrogen and oxygen atoms in total. The SMILES string of the molecule is CC(C)CCn1c(SCC(=O)N(CCC#N)CCC#N)nc2cc(Cl)ccc2c1=O. The number of fused-ring (bicyclic) bond motifs is 1. The monoisotopic (exact) mass is 445 g/mol. The van der Waals surface area contributed by atoms with E-state index >= 15 is 0 Å². The number of benzene rings is 1. The molecular weight excluding hydrogens is 422 g/mol. The summed E-state index contributed by atoms with van der Waals surface area (Å²) in [5.41, 5.74) is 0.340. The minimum absolute atomic E-state index is 0.0665. The van der Waals surface area contributed by atoms with Crippen LogP contribution in [0.25, 0.3) is 10.9 Å². The molecule has 1 aromatic carbocycles. The zero-order chi connectivity index (χ0) is 22.1. The number of hydrogen-bond acceptors (Lipinski definition) is 6. The Morgan fingerprint density at radius 2 is 1.93 bits per heavy atom. The van der Waals surface area contributed by atoms with E-state index in [1.165, 1.54) is 16.7 Å². The minimum atomic E-state index is -0.193. The highest BCUT2D eigenvalue weighted by molar-refractivity contribution is 7.99.